The van der Waals surface area contributed by atoms with E-state index >= 15 is 0 Å². The van der Waals surface area contributed by atoms with Crippen LogP contribution in [0.2, 0.25) is 0 Å². The molecule has 1 aromatic heterocycles. The van der Waals surface area contributed by atoms with Crippen molar-refractivity contribution in [3.05, 3.63) is 29.8 Å². The summed E-state index contributed by atoms with van der Waals surface area (Å²) in [6, 6.07) is 1.62. The first-order valence-corrected chi connectivity index (χ1v) is 7.34. The van der Waals surface area contributed by atoms with Gasteiger partial charge in [-0.1, -0.05) is 19.3 Å². The number of nitrogens with one attached hydrogen (secondary N) is 1. The van der Waals surface area contributed by atoms with Gasteiger partial charge in [-0.15, -0.1) is 12.4 Å². The van der Waals surface area contributed by atoms with Gasteiger partial charge in [0.25, 0.3) is 0 Å². The fraction of sp³-hybridized carbons (Fsp3) is 0.667. The van der Waals surface area contributed by atoms with E-state index in [4.69, 9.17) is 0 Å². The van der Waals surface area contributed by atoms with Crippen molar-refractivity contribution in [1.82, 2.24) is 15.2 Å². The van der Waals surface area contributed by atoms with Crippen molar-refractivity contribution < 1.29 is 4.39 Å². The van der Waals surface area contributed by atoms with E-state index in [0.29, 0.717) is 5.54 Å². The van der Waals surface area contributed by atoms with Crippen LogP contribution in [0.5, 0.6) is 0 Å². The number of piperazine rings is 1. The summed E-state index contributed by atoms with van der Waals surface area (Å²) in [5.41, 5.74) is 1.29. The molecule has 5 heteroatoms. The number of hydrogen-bond donors (Lipinski definition) is 1. The number of rotatable bonds is 2. The van der Waals surface area contributed by atoms with Gasteiger partial charge in [0.1, 0.15) is 5.82 Å². The smallest absolute Gasteiger partial charge is 0.141 e. The van der Waals surface area contributed by atoms with E-state index in [1.54, 1.807) is 12.3 Å². The molecule has 1 aromatic rings. The molecule has 0 aromatic carbocycles. The molecule has 1 aliphatic heterocycles. The number of halogens is 2. The van der Waals surface area contributed by atoms with Crippen LogP contribution in [-0.2, 0) is 6.54 Å². The average molecular weight is 300 g/mol. The minimum atomic E-state index is -0.231. The van der Waals surface area contributed by atoms with Crippen LogP contribution in [0, 0.1) is 5.82 Å². The fourth-order valence-corrected chi connectivity index (χ4v) is 3.60. The lowest BCUT2D eigenvalue weighted by molar-refractivity contribution is 0.0207. The van der Waals surface area contributed by atoms with Gasteiger partial charge in [-0.2, -0.15) is 0 Å². The summed E-state index contributed by atoms with van der Waals surface area (Å²) < 4.78 is 13.3. The minimum absolute atomic E-state index is 0. The maximum absolute atomic E-state index is 13.3. The fourth-order valence-electron chi connectivity index (χ4n) is 3.60. The standard InChI is InChI=1S/C15H22FN3.ClH/c16-14-8-13(9-18-10-14)11-19-7-6-17-12-15(19)4-2-1-3-5-15;/h8-10,17H,1-7,11-12H2;1H. The van der Waals surface area contributed by atoms with E-state index in [-0.39, 0.29) is 18.2 Å². The molecular formula is C15H23ClFN3. The first-order valence-electron chi connectivity index (χ1n) is 7.34. The predicted octanol–water partition coefficient (Wildman–Crippen LogP) is 2.75. The molecule has 2 aliphatic rings. The Morgan fingerprint density at radius 1 is 1.25 bits per heavy atom. The van der Waals surface area contributed by atoms with E-state index < -0.39 is 0 Å². The Kier molecular flexibility index (Phi) is 5.35. The Balaban J connectivity index is 0.00000147. The second-order valence-electron chi connectivity index (χ2n) is 5.89. The summed E-state index contributed by atoms with van der Waals surface area (Å²) in [5, 5.41) is 3.54. The van der Waals surface area contributed by atoms with E-state index in [1.807, 2.05) is 0 Å². The zero-order chi connectivity index (χ0) is 13.1. The largest absolute Gasteiger partial charge is 0.314 e. The summed E-state index contributed by atoms with van der Waals surface area (Å²) in [6.07, 6.45) is 9.60. The number of pyridine rings is 1. The Labute approximate surface area is 126 Å². The van der Waals surface area contributed by atoms with Crippen molar-refractivity contribution in [2.75, 3.05) is 19.6 Å². The molecule has 0 amide bonds. The Morgan fingerprint density at radius 2 is 2.05 bits per heavy atom. The van der Waals surface area contributed by atoms with Crippen molar-refractivity contribution in [3.8, 4) is 0 Å². The molecule has 0 atom stereocenters. The molecule has 1 aliphatic carbocycles. The van der Waals surface area contributed by atoms with Gasteiger partial charge in [0, 0.05) is 37.9 Å². The van der Waals surface area contributed by atoms with Crippen molar-refractivity contribution in [2.24, 2.45) is 0 Å². The molecule has 1 spiro atoms. The molecule has 1 N–H and O–H groups in total. The topological polar surface area (TPSA) is 28.2 Å². The zero-order valence-electron chi connectivity index (χ0n) is 11.8. The summed E-state index contributed by atoms with van der Waals surface area (Å²) in [4.78, 5) is 6.52. The SMILES string of the molecule is Cl.Fc1cncc(CN2CCNCC23CCCCC3)c1. The summed E-state index contributed by atoms with van der Waals surface area (Å²) in [5.74, 6) is -0.231. The quantitative estimate of drug-likeness (QED) is 0.910. The molecule has 2 fully saturated rings. The van der Waals surface area contributed by atoms with Crippen LogP contribution in [0.3, 0.4) is 0 Å². The van der Waals surface area contributed by atoms with Gasteiger partial charge in [-0.25, -0.2) is 4.39 Å². The highest BCUT2D eigenvalue weighted by Gasteiger charge is 2.39. The van der Waals surface area contributed by atoms with E-state index in [1.165, 1.54) is 38.3 Å². The van der Waals surface area contributed by atoms with Gasteiger partial charge in [0.2, 0.25) is 0 Å². The van der Waals surface area contributed by atoms with Gasteiger partial charge in [0.05, 0.1) is 6.20 Å². The van der Waals surface area contributed by atoms with Gasteiger partial charge in [0.15, 0.2) is 0 Å². The molecule has 2 heterocycles. The average Bonchev–Trinajstić information content (AvgIpc) is 2.43. The van der Waals surface area contributed by atoms with E-state index in [9.17, 15) is 4.39 Å². The van der Waals surface area contributed by atoms with Gasteiger partial charge in [-0.3, -0.25) is 9.88 Å². The van der Waals surface area contributed by atoms with Crippen molar-refractivity contribution in [1.29, 1.82) is 0 Å². The maximum Gasteiger partial charge on any atom is 0.141 e. The Morgan fingerprint density at radius 3 is 2.80 bits per heavy atom. The van der Waals surface area contributed by atoms with Gasteiger partial charge < -0.3 is 5.32 Å². The lowest BCUT2D eigenvalue weighted by Gasteiger charge is -2.50. The third-order valence-electron chi connectivity index (χ3n) is 4.60. The molecule has 1 saturated carbocycles. The third-order valence-corrected chi connectivity index (χ3v) is 4.60. The highest BCUT2D eigenvalue weighted by Crippen LogP contribution is 2.35. The Hall–Kier alpha value is -0.710. The molecule has 0 unspecified atom stereocenters. The zero-order valence-corrected chi connectivity index (χ0v) is 12.6. The highest BCUT2D eigenvalue weighted by molar-refractivity contribution is 5.85. The first kappa shape index (κ1) is 15.7. The number of nitrogens with zero attached hydrogens (tertiary/aromatic N) is 2. The van der Waals surface area contributed by atoms with Crippen LogP contribution >= 0.6 is 12.4 Å². The third kappa shape index (κ3) is 3.30. The summed E-state index contributed by atoms with van der Waals surface area (Å²) >= 11 is 0. The van der Waals surface area contributed by atoms with E-state index in [2.05, 4.69) is 15.2 Å². The van der Waals surface area contributed by atoms with Crippen LogP contribution in [0.4, 0.5) is 4.39 Å². The second-order valence-corrected chi connectivity index (χ2v) is 5.89. The monoisotopic (exact) mass is 299 g/mol. The molecule has 112 valence electrons. The second kappa shape index (κ2) is 6.83. The van der Waals surface area contributed by atoms with Crippen LogP contribution < -0.4 is 5.32 Å². The normalized spacial score (nSPS) is 22.4. The molecule has 1 saturated heterocycles. The van der Waals surface area contributed by atoms with E-state index in [0.717, 1.165) is 31.7 Å². The lowest BCUT2D eigenvalue weighted by Crippen LogP contribution is -2.61. The Bertz CT molecular complexity index is 427. The number of aromatic nitrogens is 1. The van der Waals surface area contributed by atoms with Gasteiger partial charge >= 0.3 is 0 Å². The summed E-state index contributed by atoms with van der Waals surface area (Å²) in [7, 11) is 0. The van der Waals surface area contributed by atoms with Crippen LogP contribution in [0.25, 0.3) is 0 Å². The molecule has 3 rings (SSSR count). The summed E-state index contributed by atoms with van der Waals surface area (Å²) in [6.45, 7) is 3.99. The van der Waals surface area contributed by atoms with Crippen molar-refractivity contribution >= 4 is 12.4 Å². The molecule has 0 radical (unpaired) electrons. The molecule has 3 nitrogen and oxygen atoms in total. The lowest BCUT2D eigenvalue weighted by atomic mass is 9.79. The molecular weight excluding hydrogens is 277 g/mol. The minimum Gasteiger partial charge on any atom is -0.314 e. The molecule has 0 bridgehead atoms. The van der Waals surface area contributed by atoms with Crippen molar-refractivity contribution in [2.45, 2.75) is 44.2 Å². The first-order chi connectivity index (χ1) is 9.28. The predicted molar refractivity (Wildman–Crippen MR) is 80.5 cm³/mol. The van der Waals surface area contributed by atoms with Crippen LogP contribution in [0.15, 0.2) is 18.5 Å². The number of hydrogen-bond acceptors (Lipinski definition) is 3. The highest BCUT2D eigenvalue weighted by atomic mass is 35.5. The van der Waals surface area contributed by atoms with Crippen LogP contribution in [-0.4, -0.2) is 35.1 Å². The molecule has 20 heavy (non-hydrogen) atoms. The maximum atomic E-state index is 13.3. The van der Waals surface area contributed by atoms with Gasteiger partial charge in [-0.05, 0) is 24.5 Å². The van der Waals surface area contributed by atoms with Crippen molar-refractivity contribution in [3.63, 3.8) is 0 Å². The van der Waals surface area contributed by atoms with Crippen LogP contribution in [0.1, 0.15) is 37.7 Å².